The zero-order valence-corrected chi connectivity index (χ0v) is 11.8. The van der Waals surface area contributed by atoms with Crippen molar-refractivity contribution < 1.29 is 19.7 Å². The molecule has 0 amide bonds. The van der Waals surface area contributed by atoms with Gasteiger partial charge in [0.25, 0.3) is 0 Å². The van der Waals surface area contributed by atoms with E-state index in [1.54, 1.807) is 0 Å². The minimum atomic E-state index is -0.451. The highest BCUT2D eigenvalue weighted by Gasteiger charge is 2.61. The van der Waals surface area contributed by atoms with Gasteiger partial charge in [0.05, 0.1) is 5.92 Å². The number of esters is 1. The van der Waals surface area contributed by atoms with Crippen molar-refractivity contribution in [2.75, 3.05) is 0 Å². The topological polar surface area (TPSA) is 55.8 Å². The van der Waals surface area contributed by atoms with Crippen LogP contribution in [-0.4, -0.2) is 22.9 Å². The van der Waals surface area contributed by atoms with Gasteiger partial charge in [-0.1, -0.05) is 13.8 Å². The predicted molar refractivity (Wildman–Crippen MR) is 69.2 cm³/mol. The van der Waals surface area contributed by atoms with E-state index in [-0.39, 0.29) is 29.8 Å². The van der Waals surface area contributed by atoms with E-state index in [0.717, 1.165) is 24.8 Å². The molecule has 0 aromatic rings. The summed E-state index contributed by atoms with van der Waals surface area (Å²) in [4.78, 5) is 16.6. The Morgan fingerprint density at radius 1 is 1.37 bits per heavy atom. The largest absolute Gasteiger partial charge is 0.454 e. The van der Waals surface area contributed by atoms with E-state index in [1.807, 2.05) is 13.8 Å². The Bertz CT molecular complexity index is 430. The monoisotopic (exact) mass is 267 g/mol. The number of hydrogen-bond acceptors (Lipinski definition) is 4. The SMILES string of the molecule is C[C@@H]1CC[C@H]2[C@@H](C)C(=O)O[C@]23C=C([13CH3])[C@@H](OO)C[C@@H]13. The normalized spacial score (nSPS) is 49.2. The van der Waals surface area contributed by atoms with Crippen LogP contribution in [0.25, 0.3) is 0 Å². The van der Waals surface area contributed by atoms with Crippen LogP contribution in [0.1, 0.15) is 40.0 Å². The Labute approximate surface area is 113 Å². The molecule has 106 valence electrons. The van der Waals surface area contributed by atoms with Gasteiger partial charge in [-0.3, -0.25) is 10.1 Å². The van der Waals surface area contributed by atoms with Gasteiger partial charge in [0.1, 0.15) is 11.7 Å². The molecule has 1 saturated carbocycles. The molecule has 2 aliphatic carbocycles. The van der Waals surface area contributed by atoms with Gasteiger partial charge in [0.2, 0.25) is 0 Å². The van der Waals surface area contributed by atoms with Gasteiger partial charge < -0.3 is 4.74 Å². The van der Waals surface area contributed by atoms with Crippen LogP contribution >= 0.6 is 0 Å². The molecule has 1 saturated heterocycles. The van der Waals surface area contributed by atoms with E-state index in [1.165, 1.54) is 0 Å². The molecule has 0 radical (unpaired) electrons. The first-order valence-corrected chi connectivity index (χ1v) is 7.22. The Morgan fingerprint density at radius 3 is 2.79 bits per heavy atom. The smallest absolute Gasteiger partial charge is 0.309 e. The third kappa shape index (κ3) is 1.69. The molecular formula is C15H22O4. The van der Waals surface area contributed by atoms with Crippen LogP contribution in [0, 0.1) is 23.7 Å². The van der Waals surface area contributed by atoms with Crippen molar-refractivity contribution in [3.05, 3.63) is 11.6 Å². The lowest BCUT2D eigenvalue weighted by Gasteiger charge is -2.49. The highest BCUT2D eigenvalue weighted by atomic mass is 17.1. The van der Waals surface area contributed by atoms with E-state index in [9.17, 15) is 4.79 Å². The first-order chi connectivity index (χ1) is 8.99. The first kappa shape index (κ1) is 13.1. The number of hydrogen-bond donors (Lipinski definition) is 1. The summed E-state index contributed by atoms with van der Waals surface area (Å²) < 4.78 is 5.85. The fourth-order valence-electron chi connectivity index (χ4n) is 4.46. The summed E-state index contributed by atoms with van der Waals surface area (Å²) in [6, 6.07) is 0. The molecule has 0 aromatic carbocycles. The molecule has 0 aromatic heterocycles. The van der Waals surface area contributed by atoms with Gasteiger partial charge in [-0.25, -0.2) is 4.89 Å². The van der Waals surface area contributed by atoms with Crippen LogP contribution < -0.4 is 0 Å². The highest BCUT2D eigenvalue weighted by molar-refractivity contribution is 5.76. The second kappa shape index (κ2) is 4.32. The van der Waals surface area contributed by atoms with Gasteiger partial charge >= 0.3 is 5.97 Å². The molecule has 1 heterocycles. The zero-order valence-electron chi connectivity index (χ0n) is 11.8. The average Bonchev–Trinajstić information content (AvgIpc) is 2.60. The lowest BCUT2D eigenvalue weighted by Crippen LogP contribution is -2.52. The molecule has 1 aliphatic heterocycles. The second-order valence-corrected chi connectivity index (χ2v) is 6.55. The van der Waals surface area contributed by atoms with Crippen LogP contribution in [0.5, 0.6) is 0 Å². The Balaban J connectivity index is 2.06. The molecule has 3 rings (SSSR count). The summed E-state index contributed by atoms with van der Waals surface area (Å²) in [6.45, 7) is 6.13. The van der Waals surface area contributed by atoms with Gasteiger partial charge in [-0.05, 0) is 43.8 Å². The van der Waals surface area contributed by atoms with Gasteiger partial charge in [0, 0.05) is 11.8 Å². The molecule has 19 heavy (non-hydrogen) atoms. The number of rotatable bonds is 1. The second-order valence-electron chi connectivity index (χ2n) is 6.55. The maximum atomic E-state index is 12.0. The molecule has 1 N–H and O–H groups in total. The van der Waals surface area contributed by atoms with E-state index in [2.05, 4.69) is 17.9 Å². The standard InChI is InChI=1S/C15H22O4/c1-8-4-5-11-10(3)14(16)18-15(11)7-9(2)13(19-17)6-12(8)15/h7-8,10-13,17H,4-6H2,1-3H3/t8-,10-,11+,12+,13+,15-/m1/s1/i2+1. The average molecular weight is 267 g/mol. The molecule has 0 unspecified atom stereocenters. The van der Waals surface area contributed by atoms with Crippen LogP contribution in [0.4, 0.5) is 0 Å². The maximum Gasteiger partial charge on any atom is 0.309 e. The Hall–Kier alpha value is -0.870. The Kier molecular flexibility index (Phi) is 2.98. The van der Waals surface area contributed by atoms with Crippen molar-refractivity contribution >= 4 is 5.97 Å². The summed E-state index contributed by atoms with van der Waals surface area (Å²) in [5.41, 5.74) is 0.521. The maximum absolute atomic E-state index is 12.0. The van der Waals surface area contributed by atoms with Crippen molar-refractivity contribution in [2.45, 2.75) is 51.7 Å². The molecule has 0 bridgehead atoms. The van der Waals surface area contributed by atoms with Gasteiger partial charge in [-0.15, -0.1) is 0 Å². The van der Waals surface area contributed by atoms with Crippen LogP contribution in [0.2, 0.25) is 0 Å². The third-order valence-electron chi connectivity index (χ3n) is 5.59. The lowest BCUT2D eigenvalue weighted by atomic mass is 9.58. The predicted octanol–water partition coefficient (Wildman–Crippen LogP) is 2.79. The van der Waals surface area contributed by atoms with E-state index < -0.39 is 5.60 Å². The summed E-state index contributed by atoms with van der Waals surface area (Å²) in [5, 5.41) is 9.03. The van der Waals surface area contributed by atoms with Gasteiger partial charge in [-0.2, -0.15) is 0 Å². The number of carbonyl (C=O) groups excluding carboxylic acids is 1. The molecule has 2 fully saturated rings. The van der Waals surface area contributed by atoms with E-state index >= 15 is 0 Å². The zero-order chi connectivity index (χ0) is 13.8. The fraction of sp³-hybridized carbons (Fsp3) is 0.800. The Morgan fingerprint density at radius 2 is 2.11 bits per heavy atom. The van der Waals surface area contributed by atoms with Crippen LogP contribution in [0.3, 0.4) is 0 Å². The molecule has 6 atom stereocenters. The molecule has 4 nitrogen and oxygen atoms in total. The summed E-state index contributed by atoms with van der Waals surface area (Å²) in [7, 11) is 0. The highest BCUT2D eigenvalue weighted by Crippen LogP contribution is 2.56. The van der Waals surface area contributed by atoms with Crippen molar-refractivity contribution in [1.82, 2.24) is 0 Å². The lowest BCUT2D eigenvalue weighted by molar-refractivity contribution is -0.278. The quantitative estimate of drug-likeness (QED) is 0.261. The van der Waals surface area contributed by atoms with Crippen LogP contribution in [0.15, 0.2) is 11.6 Å². The fourth-order valence-corrected chi connectivity index (χ4v) is 4.46. The van der Waals surface area contributed by atoms with Crippen molar-refractivity contribution in [2.24, 2.45) is 23.7 Å². The summed E-state index contributed by atoms with van der Waals surface area (Å²) >= 11 is 0. The molecule has 1 spiro atoms. The van der Waals surface area contributed by atoms with Crippen molar-refractivity contribution in [3.8, 4) is 0 Å². The minimum absolute atomic E-state index is 0.0226. The molecule has 4 heteroatoms. The third-order valence-corrected chi connectivity index (χ3v) is 5.59. The minimum Gasteiger partial charge on any atom is -0.454 e. The van der Waals surface area contributed by atoms with E-state index in [4.69, 9.17) is 9.99 Å². The summed E-state index contributed by atoms with van der Waals surface area (Å²) in [5.74, 6) is 0.912. The van der Waals surface area contributed by atoms with Crippen molar-refractivity contribution in [1.29, 1.82) is 0 Å². The van der Waals surface area contributed by atoms with Gasteiger partial charge in [0.15, 0.2) is 0 Å². The summed E-state index contributed by atoms with van der Waals surface area (Å²) in [6.07, 6.45) is 4.69. The van der Waals surface area contributed by atoms with E-state index in [0.29, 0.717) is 5.92 Å². The first-order valence-electron chi connectivity index (χ1n) is 7.22. The number of ether oxygens (including phenoxy) is 1. The molecular weight excluding hydrogens is 245 g/mol. The number of carbonyl (C=O) groups is 1. The molecule has 3 aliphatic rings. The van der Waals surface area contributed by atoms with Crippen LogP contribution in [-0.2, 0) is 14.4 Å². The van der Waals surface area contributed by atoms with Crippen molar-refractivity contribution in [3.63, 3.8) is 0 Å².